The summed E-state index contributed by atoms with van der Waals surface area (Å²) in [5, 5.41) is 3.26. The maximum Gasteiger partial charge on any atom is 1.00 e. The van der Waals surface area contributed by atoms with Crippen LogP contribution in [0.1, 0.15) is 39.0 Å². The third kappa shape index (κ3) is 13.8. The van der Waals surface area contributed by atoms with Crippen LogP contribution in [-0.4, -0.2) is 19.4 Å². The average molecular weight is 195 g/mol. The molecular formula is C9H18KNO. The van der Waals surface area contributed by atoms with Crippen LogP contribution in [-0.2, 0) is 4.79 Å². The Bertz CT molecular complexity index is 88.6. The fourth-order valence-electron chi connectivity index (χ4n) is 0.977. The van der Waals surface area contributed by atoms with Crippen molar-refractivity contribution in [1.82, 2.24) is 5.32 Å². The third-order valence-electron chi connectivity index (χ3n) is 1.63. The molecule has 0 aliphatic rings. The maximum absolute atomic E-state index is 9.80. The fraction of sp³-hybridized carbons (Fsp3) is 0.889. The molecule has 0 aliphatic heterocycles. The predicted molar refractivity (Wildman–Crippen MR) is 47.3 cm³/mol. The molecule has 0 heterocycles. The maximum atomic E-state index is 9.80. The second-order valence-electron chi connectivity index (χ2n) is 2.66. The zero-order valence-corrected chi connectivity index (χ0v) is 11.5. The summed E-state index contributed by atoms with van der Waals surface area (Å²) in [6.07, 6.45) is 7.15. The van der Waals surface area contributed by atoms with Crippen LogP contribution in [0.3, 0.4) is 0 Å². The van der Waals surface area contributed by atoms with Crippen LogP contribution in [0.4, 0.5) is 0 Å². The molecule has 0 fully saturated rings. The van der Waals surface area contributed by atoms with Crippen LogP contribution in [0.25, 0.3) is 0 Å². The topological polar surface area (TPSA) is 29.1 Å². The van der Waals surface area contributed by atoms with Gasteiger partial charge in [0.05, 0.1) is 0 Å². The van der Waals surface area contributed by atoms with E-state index in [4.69, 9.17) is 0 Å². The Labute approximate surface area is 118 Å². The number of hydrogen-bond acceptors (Lipinski definition) is 2. The molecule has 0 aromatic heterocycles. The molecule has 1 N–H and O–H groups in total. The van der Waals surface area contributed by atoms with Gasteiger partial charge in [-0.3, -0.25) is 6.29 Å². The molecule has 0 amide bonds. The first-order chi connectivity index (χ1) is 5.41. The standard InChI is InChI=1S/C9H18NO.K/c1-2-10-8-6-4-3-5-7-9-11;/h10H,2-8H2,1H3;/q-1;+1. The molecule has 3 heteroatoms. The number of hydrogen-bond donors (Lipinski definition) is 1. The van der Waals surface area contributed by atoms with Crippen molar-refractivity contribution in [2.45, 2.75) is 39.0 Å². The van der Waals surface area contributed by atoms with Crippen LogP contribution in [0.15, 0.2) is 0 Å². The molecule has 0 saturated carbocycles. The predicted octanol–water partition coefficient (Wildman–Crippen LogP) is -1.34. The fourth-order valence-corrected chi connectivity index (χ4v) is 0.977. The minimum absolute atomic E-state index is 0. The Morgan fingerprint density at radius 2 is 1.83 bits per heavy atom. The van der Waals surface area contributed by atoms with Crippen molar-refractivity contribution in [2.24, 2.45) is 0 Å². The second kappa shape index (κ2) is 14.8. The van der Waals surface area contributed by atoms with Crippen LogP contribution < -0.4 is 56.7 Å². The molecule has 0 radical (unpaired) electrons. The van der Waals surface area contributed by atoms with E-state index in [1.54, 1.807) is 0 Å². The summed E-state index contributed by atoms with van der Waals surface area (Å²) in [5.41, 5.74) is 0. The van der Waals surface area contributed by atoms with E-state index < -0.39 is 0 Å². The van der Waals surface area contributed by atoms with Crippen LogP contribution >= 0.6 is 0 Å². The van der Waals surface area contributed by atoms with Gasteiger partial charge >= 0.3 is 51.4 Å². The number of carbonyl (C=O) groups excluding carboxylic acids is 1. The molecule has 66 valence electrons. The van der Waals surface area contributed by atoms with E-state index >= 15 is 0 Å². The molecule has 0 atom stereocenters. The zero-order valence-electron chi connectivity index (χ0n) is 8.36. The first-order valence-electron chi connectivity index (χ1n) is 4.47. The Morgan fingerprint density at radius 1 is 1.17 bits per heavy atom. The first kappa shape index (κ1) is 15.7. The molecule has 0 spiro atoms. The molecule has 0 aromatic carbocycles. The van der Waals surface area contributed by atoms with Crippen molar-refractivity contribution in [3.05, 3.63) is 0 Å². The molecule has 0 aromatic rings. The van der Waals surface area contributed by atoms with E-state index in [0.29, 0.717) is 6.42 Å². The van der Waals surface area contributed by atoms with Crippen molar-refractivity contribution in [2.75, 3.05) is 13.1 Å². The van der Waals surface area contributed by atoms with Crippen molar-refractivity contribution < 1.29 is 56.2 Å². The molecular weight excluding hydrogens is 177 g/mol. The molecule has 0 bridgehead atoms. The van der Waals surface area contributed by atoms with Crippen molar-refractivity contribution in [3.63, 3.8) is 0 Å². The summed E-state index contributed by atoms with van der Waals surface area (Å²) in [6.45, 7) is 4.28. The normalized spacial score (nSPS) is 9.08. The monoisotopic (exact) mass is 195 g/mol. The van der Waals surface area contributed by atoms with Crippen LogP contribution in [0.2, 0.25) is 0 Å². The quantitative estimate of drug-likeness (QED) is 0.295. The Hall–Kier alpha value is 1.27. The minimum Gasteiger partial charge on any atom is -0.542 e. The smallest absolute Gasteiger partial charge is 0.542 e. The minimum atomic E-state index is 0. The van der Waals surface area contributed by atoms with Gasteiger partial charge in [-0.15, -0.1) is 0 Å². The van der Waals surface area contributed by atoms with Gasteiger partial charge in [0.25, 0.3) is 0 Å². The number of nitrogens with one attached hydrogen (secondary N) is 1. The van der Waals surface area contributed by atoms with Gasteiger partial charge in [0.15, 0.2) is 0 Å². The summed E-state index contributed by atoms with van der Waals surface area (Å²) >= 11 is 0. The Morgan fingerprint density at radius 3 is 2.42 bits per heavy atom. The molecule has 0 aliphatic carbocycles. The van der Waals surface area contributed by atoms with Gasteiger partial charge in [0.2, 0.25) is 0 Å². The summed E-state index contributed by atoms with van der Waals surface area (Å²) < 4.78 is 0. The Balaban J connectivity index is 0. The first-order valence-corrected chi connectivity index (χ1v) is 4.47. The van der Waals surface area contributed by atoms with E-state index in [9.17, 15) is 4.79 Å². The van der Waals surface area contributed by atoms with Crippen molar-refractivity contribution in [3.8, 4) is 0 Å². The van der Waals surface area contributed by atoms with Gasteiger partial charge in [0.1, 0.15) is 0 Å². The van der Waals surface area contributed by atoms with Crippen molar-refractivity contribution >= 4 is 6.29 Å². The van der Waals surface area contributed by atoms with Gasteiger partial charge in [-0.25, -0.2) is 0 Å². The van der Waals surface area contributed by atoms with Gasteiger partial charge in [0, 0.05) is 0 Å². The zero-order chi connectivity index (χ0) is 8.36. The Kier molecular flexibility index (Phi) is 19.4. The summed E-state index contributed by atoms with van der Waals surface area (Å²) in [6, 6.07) is 0. The van der Waals surface area contributed by atoms with Gasteiger partial charge in [-0.2, -0.15) is 6.42 Å². The van der Waals surface area contributed by atoms with Gasteiger partial charge in [-0.1, -0.05) is 26.2 Å². The summed E-state index contributed by atoms with van der Waals surface area (Å²) in [5.74, 6) is 0. The van der Waals surface area contributed by atoms with E-state index in [1.807, 2.05) is 6.29 Å². The van der Waals surface area contributed by atoms with E-state index in [2.05, 4.69) is 12.2 Å². The summed E-state index contributed by atoms with van der Waals surface area (Å²) in [7, 11) is 0. The molecule has 0 unspecified atom stereocenters. The number of unbranched alkanes of at least 4 members (excludes halogenated alkanes) is 4. The van der Waals surface area contributed by atoms with Crippen molar-refractivity contribution in [1.29, 1.82) is 0 Å². The van der Waals surface area contributed by atoms with E-state index in [1.165, 1.54) is 19.3 Å². The van der Waals surface area contributed by atoms with E-state index in [0.717, 1.165) is 19.5 Å². The van der Waals surface area contributed by atoms with Gasteiger partial charge < -0.3 is 10.1 Å². The largest absolute Gasteiger partial charge is 1.00 e. The SMILES string of the molecule is CCNCCCCCC[C-]=O.[K+]. The molecule has 0 saturated heterocycles. The average Bonchev–Trinajstić information content (AvgIpc) is 2.03. The third-order valence-corrected chi connectivity index (χ3v) is 1.63. The second-order valence-corrected chi connectivity index (χ2v) is 2.66. The molecule has 0 rings (SSSR count). The number of rotatable bonds is 8. The van der Waals surface area contributed by atoms with Crippen LogP contribution in [0.5, 0.6) is 0 Å². The molecule has 12 heavy (non-hydrogen) atoms. The van der Waals surface area contributed by atoms with Gasteiger partial charge in [-0.05, 0) is 19.5 Å². The summed E-state index contributed by atoms with van der Waals surface area (Å²) in [4.78, 5) is 9.80. The molecule has 2 nitrogen and oxygen atoms in total. The van der Waals surface area contributed by atoms with E-state index in [-0.39, 0.29) is 51.4 Å². The van der Waals surface area contributed by atoms with Crippen LogP contribution in [0, 0.1) is 0 Å².